The lowest BCUT2D eigenvalue weighted by molar-refractivity contribution is 0.0222. The lowest BCUT2D eigenvalue weighted by atomic mass is 9.96. The Morgan fingerprint density at radius 1 is 1.27 bits per heavy atom. The summed E-state index contributed by atoms with van der Waals surface area (Å²) < 4.78 is 7.12. The number of hydrogen-bond acceptors (Lipinski definition) is 4. The molecule has 2 amide bonds. The van der Waals surface area contributed by atoms with E-state index < -0.39 is 5.60 Å². The zero-order valence-corrected chi connectivity index (χ0v) is 18.8. The number of aryl methyl sites for hydroxylation is 1. The van der Waals surface area contributed by atoms with Crippen molar-refractivity contribution in [3.05, 3.63) is 46.8 Å². The van der Waals surface area contributed by atoms with Crippen LogP contribution in [-0.2, 0) is 24.8 Å². The molecule has 0 saturated heterocycles. The molecule has 0 saturated carbocycles. The monoisotopic (exact) mass is 412 g/mol. The fraction of sp³-hybridized carbons (Fsp3) is 0.522. The number of fused-ring (bicyclic) bond motifs is 1. The van der Waals surface area contributed by atoms with Crippen molar-refractivity contribution in [2.24, 2.45) is 7.05 Å². The van der Waals surface area contributed by atoms with Crippen LogP contribution in [0.15, 0.2) is 24.3 Å². The minimum Gasteiger partial charge on any atom is -0.444 e. The number of nitrogens with one attached hydrogen (secondary N) is 1. The van der Waals surface area contributed by atoms with Crippen LogP contribution >= 0.6 is 0 Å². The number of hydrogen-bond donors (Lipinski definition) is 1. The van der Waals surface area contributed by atoms with Gasteiger partial charge in [0, 0.05) is 31.3 Å². The Bertz CT molecular complexity index is 942. The highest BCUT2D eigenvalue weighted by atomic mass is 16.6. The second-order valence-corrected chi connectivity index (χ2v) is 8.90. The molecule has 0 fully saturated rings. The second kappa shape index (κ2) is 8.50. The molecule has 7 heteroatoms. The van der Waals surface area contributed by atoms with Gasteiger partial charge in [0.2, 0.25) is 0 Å². The predicted octanol–water partition coefficient (Wildman–Crippen LogP) is 4.48. The summed E-state index contributed by atoms with van der Waals surface area (Å²) >= 11 is 0. The van der Waals surface area contributed by atoms with Crippen LogP contribution in [0.2, 0.25) is 0 Å². The molecule has 0 spiro atoms. The summed E-state index contributed by atoms with van der Waals surface area (Å²) in [6.07, 6.45) is 1.21. The van der Waals surface area contributed by atoms with E-state index in [1.165, 1.54) is 0 Å². The van der Waals surface area contributed by atoms with Crippen molar-refractivity contribution in [1.29, 1.82) is 0 Å². The van der Waals surface area contributed by atoms with Gasteiger partial charge in [-0.05, 0) is 44.7 Å². The zero-order valence-electron chi connectivity index (χ0n) is 18.8. The molecule has 7 nitrogen and oxygen atoms in total. The van der Waals surface area contributed by atoms with Crippen LogP contribution in [0, 0.1) is 0 Å². The van der Waals surface area contributed by atoms with Crippen molar-refractivity contribution in [3.8, 4) is 0 Å². The van der Waals surface area contributed by atoms with Crippen LogP contribution in [0.3, 0.4) is 0 Å². The van der Waals surface area contributed by atoms with Gasteiger partial charge in [-0.1, -0.05) is 32.0 Å². The molecule has 0 aliphatic carbocycles. The zero-order chi connectivity index (χ0) is 22.1. The minimum absolute atomic E-state index is 0.215. The third kappa shape index (κ3) is 4.66. The second-order valence-electron chi connectivity index (χ2n) is 8.90. The standard InChI is InChI=1S/C23H32N4O3/c1-7-15(2)16-10-8-9-11-18(16)24-21(28)20-17-14-27(22(29)30-23(3,4)5)13-12-19(17)25-26(20)6/h8-11,15H,7,12-14H2,1-6H3,(H,24,28). The molecular weight excluding hydrogens is 380 g/mol. The Morgan fingerprint density at radius 3 is 2.63 bits per heavy atom. The third-order valence-electron chi connectivity index (χ3n) is 5.42. The minimum atomic E-state index is -0.563. The van der Waals surface area contributed by atoms with Crippen molar-refractivity contribution >= 4 is 17.7 Å². The maximum absolute atomic E-state index is 13.2. The first kappa shape index (κ1) is 21.9. The average molecular weight is 413 g/mol. The van der Waals surface area contributed by atoms with E-state index in [2.05, 4.69) is 24.3 Å². The normalized spacial score (nSPS) is 14.8. The molecule has 1 unspecified atom stereocenters. The number of para-hydroxylation sites is 1. The number of rotatable bonds is 4. The van der Waals surface area contributed by atoms with Gasteiger partial charge < -0.3 is 15.0 Å². The van der Waals surface area contributed by atoms with Crippen LogP contribution in [0.5, 0.6) is 0 Å². The summed E-state index contributed by atoms with van der Waals surface area (Å²) in [5.74, 6) is 0.123. The van der Waals surface area contributed by atoms with E-state index in [4.69, 9.17) is 4.74 Å². The molecule has 1 aliphatic heterocycles. The molecule has 1 aliphatic rings. The number of aromatic nitrogens is 2. The van der Waals surface area contributed by atoms with Gasteiger partial charge in [0.15, 0.2) is 0 Å². The quantitative estimate of drug-likeness (QED) is 0.803. The lowest BCUT2D eigenvalue weighted by Crippen LogP contribution is -2.40. The number of carbonyl (C=O) groups excluding carboxylic acids is 2. The molecule has 30 heavy (non-hydrogen) atoms. The van der Waals surface area contributed by atoms with Crippen LogP contribution in [0.1, 0.15) is 74.3 Å². The molecule has 2 aromatic rings. The van der Waals surface area contributed by atoms with E-state index in [9.17, 15) is 9.59 Å². The Morgan fingerprint density at radius 2 is 1.97 bits per heavy atom. The van der Waals surface area contributed by atoms with Crippen molar-refractivity contribution < 1.29 is 14.3 Å². The van der Waals surface area contributed by atoms with Crippen molar-refractivity contribution in [2.75, 3.05) is 11.9 Å². The highest BCUT2D eigenvalue weighted by molar-refractivity contribution is 6.04. The van der Waals surface area contributed by atoms with Crippen LogP contribution in [0.4, 0.5) is 10.5 Å². The maximum Gasteiger partial charge on any atom is 0.410 e. The molecule has 1 aromatic carbocycles. The number of amides is 2. The third-order valence-corrected chi connectivity index (χ3v) is 5.42. The largest absolute Gasteiger partial charge is 0.444 e. The van der Waals surface area contributed by atoms with Gasteiger partial charge in [-0.2, -0.15) is 5.10 Å². The average Bonchev–Trinajstić information content (AvgIpc) is 3.01. The summed E-state index contributed by atoms with van der Waals surface area (Å²) in [5.41, 5.74) is 3.49. The summed E-state index contributed by atoms with van der Waals surface area (Å²) in [4.78, 5) is 27.4. The van der Waals surface area contributed by atoms with Crippen LogP contribution < -0.4 is 5.32 Å². The first-order valence-electron chi connectivity index (χ1n) is 10.5. The number of benzene rings is 1. The van der Waals surface area contributed by atoms with E-state index in [1.54, 1.807) is 16.6 Å². The Kier molecular flexibility index (Phi) is 6.19. The van der Waals surface area contributed by atoms with Crippen molar-refractivity contribution in [2.45, 2.75) is 65.5 Å². The maximum atomic E-state index is 13.2. The van der Waals surface area contributed by atoms with E-state index >= 15 is 0 Å². The Hall–Kier alpha value is -2.83. The first-order chi connectivity index (χ1) is 14.1. The SMILES string of the molecule is CCC(C)c1ccccc1NC(=O)c1c2c(nn1C)CCN(C(=O)OC(C)(C)C)C2. The fourth-order valence-corrected chi connectivity index (χ4v) is 3.71. The molecule has 0 radical (unpaired) electrons. The molecular formula is C23H32N4O3. The van der Waals surface area contributed by atoms with Crippen LogP contribution in [-0.4, -0.2) is 38.8 Å². The summed E-state index contributed by atoms with van der Waals surface area (Å²) in [5, 5.41) is 7.60. The van der Waals surface area contributed by atoms with Gasteiger partial charge in [0.05, 0.1) is 12.2 Å². The van der Waals surface area contributed by atoms with E-state index in [1.807, 2.05) is 45.0 Å². The fourth-order valence-electron chi connectivity index (χ4n) is 3.71. The van der Waals surface area contributed by atoms with E-state index in [-0.39, 0.29) is 12.0 Å². The van der Waals surface area contributed by atoms with Gasteiger partial charge in [-0.3, -0.25) is 9.48 Å². The Labute approximate surface area is 178 Å². The van der Waals surface area contributed by atoms with Gasteiger partial charge in [-0.25, -0.2) is 4.79 Å². The molecule has 162 valence electrons. The van der Waals surface area contributed by atoms with Gasteiger partial charge in [0.1, 0.15) is 11.3 Å². The number of anilines is 1. The van der Waals surface area contributed by atoms with Gasteiger partial charge >= 0.3 is 6.09 Å². The molecule has 1 N–H and O–H groups in total. The Balaban J connectivity index is 1.85. The smallest absolute Gasteiger partial charge is 0.410 e. The number of nitrogens with zero attached hydrogens (tertiary/aromatic N) is 3. The lowest BCUT2D eigenvalue weighted by Gasteiger charge is -2.29. The van der Waals surface area contributed by atoms with Gasteiger partial charge in [0.25, 0.3) is 5.91 Å². The first-order valence-corrected chi connectivity index (χ1v) is 10.5. The topological polar surface area (TPSA) is 76.5 Å². The number of ether oxygens (including phenoxy) is 1. The number of carbonyl (C=O) groups is 2. The highest BCUT2D eigenvalue weighted by Crippen LogP contribution is 2.28. The van der Waals surface area contributed by atoms with Crippen molar-refractivity contribution in [3.63, 3.8) is 0 Å². The summed E-state index contributed by atoms with van der Waals surface area (Å²) in [6.45, 7) is 10.7. The molecule has 1 aromatic heterocycles. The summed E-state index contributed by atoms with van der Waals surface area (Å²) in [7, 11) is 1.77. The summed E-state index contributed by atoms with van der Waals surface area (Å²) in [6, 6.07) is 7.88. The molecule has 2 heterocycles. The highest BCUT2D eigenvalue weighted by Gasteiger charge is 2.31. The molecule has 0 bridgehead atoms. The van der Waals surface area contributed by atoms with E-state index in [0.29, 0.717) is 31.1 Å². The van der Waals surface area contributed by atoms with Crippen molar-refractivity contribution in [1.82, 2.24) is 14.7 Å². The van der Waals surface area contributed by atoms with Gasteiger partial charge in [-0.15, -0.1) is 0 Å². The predicted molar refractivity (Wildman–Crippen MR) is 117 cm³/mol. The van der Waals surface area contributed by atoms with Crippen LogP contribution in [0.25, 0.3) is 0 Å². The molecule has 3 rings (SSSR count). The molecule has 1 atom stereocenters. The van der Waals surface area contributed by atoms with E-state index in [0.717, 1.165) is 28.9 Å².